The Morgan fingerprint density at radius 1 is 1.35 bits per heavy atom. The van der Waals surface area contributed by atoms with Crippen LogP contribution in [0.1, 0.15) is 27.3 Å². The number of carbonyl (C=O) groups is 1. The van der Waals surface area contributed by atoms with Gasteiger partial charge in [-0.2, -0.15) is 5.10 Å². The number of hydrogen-bond acceptors (Lipinski definition) is 4. The number of nitrogens with one attached hydrogen (secondary N) is 1. The van der Waals surface area contributed by atoms with Crippen LogP contribution in [0.25, 0.3) is 5.65 Å². The maximum Gasteiger partial charge on any atom is 0.290 e. The molecule has 0 aliphatic rings. The molecule has 0 aliphatic heterocycles. The molecule has 0 radical (unpaired) electrons. The topological polar surface area (TPSA) is 68.0 Å². The minimum Gasteiger partial charge on any atom is -0.490 e. The Balaban J connectivity index is 1.74. The first-order chi connectivity index (χ1) is 12.6. The van der Waals surface area contributed by atoms with Gasteiger partial charge in [-0.15, -0.1) is 0 Å². The van der Waals surface area contributed by atoms with E-state index in [4.69, 9.17) is 4.74 Å². The highest BCUT2D eigenvalue weighted by Crippen LogP contribution is 2.14. The first-order valence-corrected chi connectivity index (χ1v) is 8.21. The number of ether oxygens (including phenoxy) is 1. The fourth-order valence-corrected chi connectivity index (χ4v) is 2.60. The van der Waals surface area contributed by atoms with Crippen molar-refractivity contribution in [1.29, 1.82) is 0 Å². The second-order valence-corrected chi connectivity index (χ2v) is 5.85. The third-order valence-electron chi connectivity index (χ3n) is 3.78. The van der Waals surface area contributed by atoms with Crippen molar-refractivity contribution in [2.75, 3.05) is 6.61 Å². The largest absolute Gasteiger partial charge is 0.490 e. The van der Waals surface area contributed by atoms with Crippen molar-refractivity contribution in [2.45, 2.75) is 13.8 Å². The Kier molecular flexibility index (Phi) is 5.12. The molecule has 0 fully saturated rings. The van der Waals surface area contributed by atoms with Crippen LogP contribution in [0.4, 0.5) is 0 Å². The van der Waals surface area contributed by atoms with Gasteiger partial charge in [0.25, 0.3) is 5.91 Å². The molecule has 1 N–H and O–H groups in total. The van der Waals surface area contributed by atoms with Crippen molar-refractivity contribution in [3.63, 3.8) is 0 Å². The molecule has 6 heteroatoms. The van der Waals surface area contributed by atoms with E-state index in [9.17, 15) is 4.79 Å². The molecule has 0 atom stereocenters. The summed E-state index contributed by atoms with van der Waals surface area (Å²) in [5.74, 6) is 0.405. The molecule has 0 saturated heterocycles. The fourth-order valence-electron chi connectivity index (χ4n) is 2.60. The zero-order chi connectivity index (χ0) is 18.5. The highest BCUT2D eigenvalue weighted by molar-refractivity contribution is 5.95. The van der Waals surface area contributed by atoms with Gasteiger partial charge in [-0.3, -0.25) is 9.20 Å². The molecule has 0 saturated carbocycles. The van der Waals surface area contributed by atoms with Gasteiger partial charge in [0.15, 0.2) is 0 Å². The van der Waals surface area contributed by atoms with E-state index < -0.39 is 0 Å². The van der Waals surface area contributed by atoms with Crippen LogP contribution in [-0.4, -0.2) is 28.1 Å². The zero-order valence-corrected chi connectivity index (χ0v) is 14.8. The lowest BCUT2D eigenvalue weighted by Gasteiger charge is -2.04. The molecule has 132 valence electrons. The maximum absolute atomic E-state index is 12.5. The van der Waals surface area contributed by atoms with Crippen molar-refractivity contribution < 1.29 is 9.53 Å². The lowest BCUT2D eigenvalue weighted by atomic mass is 10.2. The monoisotopic (exact) mass is 348 g/mol. The van der Waals surface area contributed by atoms with E-state index in [-0.39, 0.29) is 5.91 Å². The van der Waals surface area contributed by atoms with Gasteiger partial charge in [-0.1, -0.05) is 24.8 Å². The second-order valence-electron chi connectivity index (χ2n) is 5.85. The summed E-state index contributed by atoms with van der Waals surface area (Å²) in [7, 11) is 0. The molecule has 0 aliphatic carbocycles. The molecule has 26 heavy (non-hydrogen) atoms. The minimum atomic E-state index is -0.311. The standard InChI is InChI=1S/C20H20N4O2/c1-4-10-26-17-7-5-6-16(12-17)13-21-23-20(25)19-15(3)22-18-11-14(2)8-9-24(18)19/h4-9,11-13H,1,10H2,2-3H3,(H,23,25)/b21-13+. The molecule has 3 aromatic rings. The van der Waals surface area contributed by atoms with Gasteiger partial charge in [0.05, 0.1) is 11.9 Å². The van der Waals surface area contributed by atoms with E-state index in [0.717, 1.165) is 16.8 Å². The van der Waals surface area contributed by atoms with Gasteiger partial charge in [0.1, 0.15) is 23.7 Å². The second kappa shape index (κ2) is 7.65. The minimum absolute atomic E-state index is 0.311. The van der Waals surface area contributed by atoms with Gasteiger partial charge in [0.2, 0.25) is 0 Å². The summed E-state index contributed by atoms with van der Waals surface area (Å²) in [5, 5.41) is 4.04. The van der Waals surface area contributed by atoms with Crippen molar-refractivity contribution in [1.82, 2.24) is 14.8 Å². The summed E-state index contributed by atoms with van der Waals surface area (Å²) in [4.78, 5) is 16.9. The zero-order valence-electron chi connectivity index (χ0n) is 14.8. The number of amides is 1. The smallest absolute Gasteiger partial charge is 0.290 e. The van der Waals surface area contributed by atoms with E-state index in [1.165, 1.54) is 0 Å². The average Bonchev–Trinajstić information content (AvgIpc) is 2.95. The number of benzene rings is 1. The molecule has 1 aromatic carbocycles. The number of aromatic nitrogens is 2. The number of carbonyl (C=O) groups excluding carboxylic acids is 1. The lowest BCUT2D eigenvalue weighted by Crippen LogP contribution is -2.20. The Morgan fingerprint density at radius 3 is 3.00 bits per heavy atom. The predicted molar refractivity (Wildman–Crippen MR) is 102 cm³/mol. The quantitative estimate of drug-likeness (QED) is 0.422. The summed E-state index contributed by atoms with van der Waals surface area (Å²) in [6, 6.07) is 11.3. The Bertz CT molecular complexity index is 989. The van der Waals surface area contributed by atoms with Gasteiger partial charge < -0.3 is 4.74 Å². The number of nitrogens with zero attached hydrogens (tertiary/aromatic N) is 3. The molecule has 0 unspecified atom stereocenters. The van der Waals surface area contributed by atoms with E-state index in [1.54, 1.807) is 23.6 Å². The molecule has 0 bridgehead atoms. The predicted octanol–water partition coefficient (Wildman–Crippen LogP) is 3.28. The number of hydrazone groups is 1. The fraction of sp³-hybridized carbons (Fsp3) is 0.150. The maximum atomic E-state index is 12.5. The summed E-state index contributed by atoms with van der Waals surface area (Å²) in [6.07, 6.45) is 5.09. The Morgan fingerprint density at radius 2 is 2.19 bits per heavy atom. The van der Waals surface area contributed by atoms with Crippen molar-refractivity contribution in [2.24, 2.45) is 5.10 Å². The van der Waals surface area contributed by atoms with Crippen LogP contribution < -0.4 is 10.2 Å². The first kappa shape index (κ1) is 17.4. The molecule has 0 spiro atoms. The van der Waals surface area contributed by atoms with E-state index in [1.807, 2.05) is 49.5 Å². The molecular weight excluding hydrogens is 328 g/mol. The third-order valence-corrected chi connectivity index (χ3v) is 3.78. The molecule has 2 aromatic heterocycles. The Hall–Kier alpha value is -3.41. The average molecular weight is 348 g/mol. The SMILES string of the molecule is C=CCOc1cccc(/C=N/NC(=O)c2c(C)nc3cc(C)ccn23)c1. The highest BCUT2D eigenvalue weighted by atomic mass is 16.5. The lowest BCUT2D eigenvalue weighted by molar-refractivity contribution is 0.0948. The van der Waals surface area contributed by atoms with Crippen molar-refractivity contribution in [3.05, 3.63) is 77.8 Å². The van der Waals surface area contributed by atoms with Crippen LogP contribution in [0.3, 0.4) is 0 Å². The molecular formula is C20H20N4O2. The summed E-state index contributed by atoms with van der Waals surface area (Å²) in [5.41, 5.74) is 6.33. The first-order valence-electron chi connectivity index (χ1n) is 8.21. The Labute approximate surface area is 151 Å². The highest BCUT2D eigenvalue weighted by Gasteiger charge is 2.15. The van der Waals surface area contributed by atoms with E-state index in [0.29, 0.717) is 23.7 Å². The number of hydrogen-bond donors (Lipinski definition) is 1. The van der Waals surface area contributed by atoms with Crippen LogP contribution in [0.2, 0.25) is 0 Å². The molecule has 2 heterocycles. The van der Waals surface area contributed by atoms with E-state index in [2.05, 4.69) is 22.1 Å². The number of aryl methyl sites for hydroxylation is 2. The van der Waals surface area contributed by atoms with E-state index >= 15 is 0 Å². The van der Waals surface area contributed by atoms with Crippen LogP contribution in [0.15, 0.2) is 60.4 Å². The van der Waals surface area contributed by atoms with Gasteiger partial charge >= 0.3 is 0 Å². The van der Waals surface area contributed by atoms with Gasteiger partial charge in [-0.25, -0.2) is 10.4 Å². The van der Waals surface area contributed by atoms with Crippen LogP contribution in [0.5, 0.6) is 5.75 Å². The summed E-state index contributed by atoms with van der Waals surface area (Å²) < 4.78 is 7.24. The van der Waals surface area contributed by atoms with Crippen molar-refractivity contribution >= 4 is 17.8 Å². The number of pyridine rings is 1. The number of imidazole rings is 1. The summed E-state index contributed by atoms with van der Waals surface area (Å²) >= 11 is 0. The molecule has 1 amide bonds. The summed E-state index contributed by atoms with van der Waals surface area (Å²) in [6.45, 7) is 7.85. The number of fused-ring (bicyclic) bond motifs is 1. The van der Waals surface area contributed by atoms with Crippen LogP contribution in [-0.2, 0) is 0 Å². The molecule has 3 rings (SSSR count). The van der Waals surface area contributed by atoms with Gasteiger partial charge in [-0.05, 0) is 49.2 Å². The van der Waals surface area contributed by atoms with Crippen molar-refractivity contribution in [3.8, 4) is 5.75 Å². The third kappa shape index (κ3) is 3.80. The normalized spacial score (nSPS) is 11.0. The number of rotatable bonds is 6. The van der Waals surface area contributed by atoms with Crippen LogP contribution >= 0.6 is 0 Å². The van der Waals surface area contributed by atoms with Crippen LogP contribution in [0, 0.1) is 13.8 Å². The molecule has 6 nitrogen and oxygen atoms in total. The van der Waals surface area contributed by atoms with Gasteiger partial charge in [0, 0.05) is 6.20 Å².